The highest BCUT2D eigenvalue weighted by atomic mass is 35.5. The molecule has 132 valence electrons. The number of hydrogen-bond donors (Lipinski definition) is 1. The molecule has 0 saturated carbocycles. The second kappa shape index (κ2) is 7.31. The maximum atomic E-state index is 12.4. The molecule has 1 aliphatic heterocycles. The van der Waals surface area contributed by atoms with E-state index in [0.717, 1.165) is 10.8 Å². The Bertz CT molecular complexity index is 807. The van der Waals surface area contributed by atoms with Crippen LogP contribution in [-0.2, 0) is 9.59 Å². The fourth-order valence-electron chi connectivity index (χ4n) is 3.33. The number of carboxylic acid groups (broad SMARTS) is 1. The molecule has 2 aromatic carbocycles. The van der Waals surface area contributed by atoms with Gasteiger partial charge in [0.25, 0.3) is 5.91 Å². The summed E-state index contributed by atoms with van der Waals surface area (Å²) >= 11 is 6.19. The van der Waals surface area contributed by atoms with Crippen molar-refractivity contribution < 1.29 is 19.4 Å². The van der Waals surface area contributed by atoms with E-state index in [0.29, 0.717) is 30.3 Å². The van der Waals surface area contributed by atoms with Crippen LogP contribution in [0.3, 0.4) is 0 Å². The van der Waals surface area contributed by atoms with Crippen molar-refractivity contribution in [2.45, 2.75) is 13.3 Å². The Morgan fingerprint density at radius 2 is 1.96 bits per heavy atom. The van der Waals surface area contributed by atoms with Crippen molar-refractivity contribution in [2.75, 3.05) is 19.7 Å². The Morgan fingerprint density at radius 3 is 2.64 bits per heavy atom. The molecule has 2 aromatic rings. The molecule has 1 heterocycles. The van der Waals surface area contributed by atoms with Crippen molar-refractivity contribution in [3.05, 3.63) is 41.4 Å². The minimum atomic E-state index is -0.788. The van der Waals surface area contributed by atoms with Gasteiger partial charge in [-0.1, -0.05) is 42.8 Å². The van der Waals surface area contributed by atoms with Crippen LogP contribution in [0.1, 0.15) is 13.3 Å². The second-order valence-corrected chi connectivity index (χ2v) is 6.84. The first-order chi connectivity index (χ1) is 12.0. The van der Waals surface area contributed by atoms with Gasteiger partial charge in [-0.2, -0.15) is 0 Å². The van der Waals surface area contributed by atoms with Gasteiger partial charge in [-0.25, -0.2) is 0 Å². The Balaban J connectivity index is 1.66. The SMILES string of the molecule is CC1CN(C(=O)COc2ccc(Cl)c3ccccc23)CCC1C(=O)O. The molecule has 25 heavy (non-hydrogen) atoms. The van der Waals surface area contributed by atoms with Gasteiger partial charge in [0.1, 0.15) is 5.75 Å². The smallest absolute Gasteiger partial charge is 0.306 e. The van der Waals surface area contributed by atoms with Crippen molar-refractivity contribution >= 4 is 34.2 Å². The highest BCUT2D eigenvalue weighted by molar-refractivity contribution is 6.35. The lowest BCUT2D eigenvalue weighted by Gasteiger charge is -2.34. The first kappa shape index (κ1) is 17.5. The average molecular weight is 362 g/mol. The largest absolute Gasteiger partial charge is 0.483 e. The second-order valence-electron chi connectivity index (χ2n) is 6.43. The van der Waals surface area contributed by atoms with Gasteiger partial charge in [0, 0.05) is 28.9 Å². The third kappa shape index (κ3) is 3.71. The summed E-state index contributed by atoms with van der Waals surface area (Å²) in [6.07, 6.45) is 0.478. The standard InChI is InChI=1S/C19H20ClNO4/c1-12-10-21(9-8-13(12)19(23)24)18(22)11-25-17-7-6-16(20)14-4-2-3-5-15(14)17/h2-7,12-13H,8-11H2,1H3,(H,23,24). The van der Waals surface area contributed by atoms with Crippen LogP contribution in [-0.4, -0.2) is 41.6 Å². The number of likely N-dealkylation sites (tertiary alicyclic amines) is 1. The Kier molecular flexibility index (Phi) is 5.13. The van der Waals surface area contributed by atoms with Crippen LogP contribution in [0.15, 0.2) is 36.4 Å². The highest BCUT2D eigenvalue weighted by Gasteiger charge is 2.33. The maximum absolute atomic E-state index is 12.4. The van der Waals surface area contributed by atoms with Gasteiger partial charge < -0.3 is 14.7 Å². The molecule has 1 N–H and O–H groups in total. The van der Waals surface area contributed by atoms with Crippen molar-refractivity contribution in [1.29, 1.82) is 0 Å². The number of carbonyl (C=O) groups is 2. The molecule has 3 rings (SSSR count). The summed E-state index contributed by atoms with van der Waals surface area (Å²) in [5, 5.41) is 11.5. The number of fused-ring (bicyclic) bond motifs is 1. The fourth-order valence-corrected chi connectivity index (χ4v) is 3.56. The topological polar surface area (TPSA) is 66.8 Å². The van der Waals surface area contributed by atoms with Crippen LogP contribution in [0.25, 0.3) is 10.8 Å². The normalized spacial score (nSPS) is 20.5. The van der Waals surface area contributed by atoms with E-state index in [2.05, 4.69) is 0 Å². The summed E-state index contributed by atoms with van der Waals surface area (Å²) in [4.78, 5) is 25.3. The van der Waals surface area contributed by atoms with E-state index in [1.54, 1.807) is 17.0 Å². The van der Waals surface area contributed by atoms with Crippen molar-refractivity contribution in [2.24, 2.45) is 11.8 Å². The van der Waals surface area contributed by atoms with Gasteiger partial charge in [-0.05, 0) is 24.5 Å². The van der Waals surface area contributed by atoms with E-state index >= 15 is 0 Å². The molecular weight excluding hydrogens is 342 g/mol. The van der Waals surface area contributed by atoms with Crippen LogP contribution in [0.5, 0.6) is 5.75 Å². The lowest BCUT2D eigenvalue weighted by Crippen LogP contribution is -2.46. The van der Waals surface area contributed by atoms with Crippen molar-refractivity contribution in [3.8, 4) is 5.75 Å². The van der Waals surface area contributed by atoms with Crippen LogP contribution in [0.4, 0.5) is 0 Å². The van der Waals surface area contributed by atoms with Crippen LogP contribution >= 0.6 is 11.6 Å². The summed E-state index contributed by atoms with van der Waals surface area (Å²) in [5.41, 5.74) is 0. The summed E-state index contributed by atoms with van der Waals surface area (Å²) in [6, 6.07) is 11.1. The first-order valence-electron chi connectivity index (χ1n) is 8.28. The minimum absolute atomic E-state index is 0.0634. The summed E-state index contributed by atoms with van der Waals surface area (Å²) in [6.45, 7) is 2.69. The Morgan fingerprint density at radius 1 is 1.24 bits per heavy atom. The molecule has 1 aliphatic rings. The van der Waals surface area contributed by atoms with Crippen molar-refractivity contribution in [1.82, 2.24) is 4.90 Å². The zero-order chi connectivity index (χ0) is 18.0. The van der Waals surface area contributed by atoms with Gasteiger partial charge in [0.15, 0.2) is 6.61 Å². The van der Waals surface area contributed by atoms with Gasteiger partial charge in [0.05, 0.1) is 5.92 Å². The molecule has 1 fully saturated rings. The number of halogens is 1. The number of benzene rings is 2. The van der Waals surface area contributed by atoms with E-state index in [-0.39, 0.29) is 24.3 Å². The van der Waals surface area contributed by atoms with Crippen LogP contribution in [0.2, 0.25) is 5.02 Å². The molecule has 1 saturated heterocycles. The average Bonchev–Trinajstić information content (AvgIpc) is 2.60. The Labute approximate surface area is 151 Å². The number of carboxylic acids is 1. The molecule has 0 bridgehead atoms. The number of hydrogen-bond acceptors (Lipinski definition) is 3. The zero-order valence-electron chi connectivity index (χ0n) is 13.9. The molecule has 0 aromatic heterocycles. The van der Waals surface area contributed by atoms with Crippen LogP contribution < -0.4 is 4.74 Å². The monoisotopic (exact) mass is 361 g/mol. The molecule has 0 aliphatic carbocycles. The molecule has 2 atom stereocenters. The Hall–Kier alpha value is -2.27. The molecule has 0 radical (unpaired) electrons. The molecule has 1 amide bonds. The van der Waals surface area contributed by atoms with E-state index in [9.17, 15) is 9.59 Å². The molecule has 6 heteroatoms. The number of rotatable bonds is 4. The predicted octanol–water partition coefficient (Wildman–Crippen LogP) is 3.44. The predicted molar refractivity (Wildman–Crippen MR) is 95.9 cm³/mol. The zero-order valence-corrected chi connectivity index (χ0v) is 14.7. The number of amides is 1. The number of ether oxygens (including phenoxy) is 1. The highest BCUT2D eigenvalue weighted by Crippen LogP contribution is 2.31. The molecular formula is C19H20ClNO4. The van der Waals surface area contributed by atoms with E-state index in [1.165, 1.54) is 0 Å². The van der Waals surface area contributed by atoms with Gasteiger partial charge in [-0.15, -0.1) is 0 Å². The summed E-state index contributed by atoms with van der Waals surface area (Å²) in [7, 11) is 0. The molecule has 2 unspecified atom stereocenters. The van der Waals surface area contributed by atoms with E-state index in [4.69, 9.17) is 21.4 Å². The number of carbonyl (C=O) groups excluding carboxylic acids is 1. The van der Waals surface area contributed by atoms with Crippen LogP contribution in [0, 0.1) is 11.8 Å². The van der Waals surface area contributed by atoms with Gasteiger partial charge >= 0.3 is 5.97 Å². The lowest BCUT2D eigenvalue weighted by molar-refractivity contribution is -0.148. The summed E-state index contributed by atoms with van der Waals surface area (Å²) in [5.74, 6) is -0.753. The van der Waals surface area contributed by atoms with Gasteiger partial charge in [-0.3, -0.25) is 9.59 Å². The minimum Gasteiger partial charge on any atom is -0.483 e. The molecule has 0 spiro atoms. The molecule has 5 nitrogen and oxygen atoms in total. The fraction of sp³-hybridized carbons (Fsp3) is 0.368. The number of aliphatic carboxylic acids is 1. The van der Waals surface area contributed by atoms with E-state index < -0.39 is 5.97 Å². The third-order valence-electron chi connectivity index (χ3n) is 4.76. The lowest BCUT2D eigenvalue weighted by atomic mass is 9.87. The summed E-state index contributed by atoms with van der Waals surface area (Å²) < 4.78 is 5.73. The number of nitrogens with zero attached hydrogens (tertiary/aromatic N) is 1. The quantitative estimate of drug-likeness (QED) is 0.905. The van der Waals surface area contributed by atoms with Gasteiger partial charge in [0.2, 0.25) is 0 Å². The third-order valence-corrected chi connectivity index (χ3v) is 5.09. The maximum Gasteiger partial charge on any atom is 0.306 e. The number of piperidine rings is 1. The van der Waals surface area contributed by atoms with Crippen molar-refractivity contribution in [3.63, 3.8) is 0 Å². The van der Waals surface area contributed by atoms with E-state index in [1.807, 2.05) is 31.2 Å². The first-order valence-corrected chi connectivity index (χ1v) is 8.66.